The van der Waals surface area contributed by atoms with Gasteiger partial charge in [-0.2, -0.15) is 4.98 Å². The van der Waals surface area contributed by atoms with Crippen molar-refractivity contribution < 1.29 is 9.26 Å². The zero-order valence-electron chi connectivity index (χ0n) is 11.1. The third-order valence-electron chi connectivity index (χ3n) is 2.77. The summed E-state index contributed by atoms with van der Waals surface area (Å²) in [4.78, 5) is 4.40. The Morgan fingerprint density at radius 3 is 2.95 bits per heavy atom. The average Bonchev–Trinajstić information content (AvgIpc) is 2.87. The zero-order chi connectivity index (χ0) is 13.7. The molecule has 2 rings (SSSR count). The van der Waals surface area contributed by atoms with E-state index in [1.54, 1.807) is 0 Å². The Morgan fingerprint density at radius 1 is 1.37 bits per heavy atom. The molecule has 1 aromatic heterocycles. The van der Waals surface area contributed by atoms with Crippen LogP contribution in [0.2, 0.25) is 0 Å². The maximum atomic E-state index is 5.28. The van der Waals surface area contributed by atoms with Gasteiger partial charge < -0.3 is 9.26 Å². The first kappa shape index (κ1) is 14.2. The largest absolute Gasteiger partial charge is 0.382 e. The normalized spacial score (nSPS) is 10.9. The van der Waals surface area contributed by atoms with Gasteiger partial charge in [-0.3, -0.25) is 0 Å². The molecule has 2 aromatic rings. The highest BCUT2D eigenvalue weighted by molar-refractivity contribution is 9.10. The van der Waals surface area contributed by atoms with E-state index in [0.717, 1.165) is 41.7 Å². The van der Waals surface area contributed by atoms with Gasteiger partial charge in [0.15, 0.2) is 0 Å². The standard InChI is InChI=1S/C14H17BrN2O2/c1-3-18-8-4-5-13-16-14(17-19-13)11-6-7-12(15)10(2)9-11/h6-7,9H,3-5,8H2,1-2H3. The molecule has 4 nitrogen and oxygen atoms in total. The molecule has 102 valence electrons. The first-order valence-electron chi connectivity index (χ1n) is 6.37. The molecule has 1 aromatic carbocycles. The summed E-state index contributed by atoms with van der Waals surface area (Å²) in [5.41, 5.74) is 2.13. The Hall–Kier alpha value is -1.20. The van der Waals surface area contributed by atoms with E-state index in [-0.39, 0.29) is 0 Å². The molecule has 0 amide bonds. The summed E-state index contributed by atoms with van der Waals surface area (Å²) in [7, 11) is 0. The summed E-state index contributed by atoms with van der Waals surface area (Å²) in [6.45, 7) is 5.50. The molecule has 0 atom stereocenters. The minimum Gasteiger partial charge on any atom is -0.382 e. The van der Waals surface area contributed by atoms with E-state index in [1.165, 1.54) is 0 Å². The monoisotopic (exact) mass is 324 g/mol. The van der Waals surface area contributed by atoms with E-state index >= 15 is 0 Å². The molecular formula is C14H17BrN2O2. The molecule has 0 saturated carbocycles. The molecule has 0 spiro atoms. The van der Waals surface area contributed by atoms with Crippen LogP contribution in [0.1, 0.15) is 24.8 Å². The fraction of sp³-hybridized carbons (Fsp3) is 0.429. The smallest absolute Gasteiger partial charge is 0.227 e. The maximum absolute atomic E-state index is 5.28. The molecule has 0 bridgehead atoms. The van der Waals surface area contributed by atoms with E-state index < -0.39 is 0 Å². The van der Waals surface area contributed by atoms with Gasteiger partial charge in [0.05, 0.1) is 0 Å². The van der Waals surface area contributed by atoms with Crippen molar-refractivity contribution in [2.45, 2.75) is 26.7 Å². The van der Waals surface area contributed by atoms with Crippen LogP contribution < -0.4 is 0 Å². The molecule has 0 aliphatic heterocycles. The summed E-state index contributed by atoms with van der Waals surface area (Å²) in [5, 5.41) is 4.01. The number of hydrogen-bond acceptors (Lipinski definition) is 4. The highest BCUT2D eigenvalue weighted by Crippen LogP contribution is 2.23. The van der Waals surface area contributed by atoms with E-state index in [0.29, 0.717) is 11.7 Å². The Balaban J connectivity index is 2.01. The van der Waals surface area contributed by atoms with Crippen LogP contribution in [-0.4, -0.2) is 23.4 Å². The quantitative estimate of drug-likeness (QED) is 0.759. The topological polar surface area (TPSA) is 48.2 Å². The number of ether oxygens (including phenoxy) is 1. The summed E-state index contributed by atoms with van der Waals surface area (Å²) in [6, 6.07) is 6.01. The zero-order valence-corrected chi connectivity index (χ0v) is 12.7. The van der Waals surface area contributed by atoms with Gasteiger partial charge in [0.25, 0.3) is 0 Å². The fourth-order valence-corrected chi connectivity index (χ4v) is 1.97. The summed E-state index contributed by atoms with van der Waals surface area (Å²) < 4.78 is 11.6. The molecule has 0 radical (unpaired) electrons. The Labute approximate surface area is 121 Å². The summed E-state index contributed by atoms with van der Waals surface area (Å²) in [6.07, 6.45) is 1.65. The van der Waals surface area contributed by atoms with Crippen LogP contribution in [0, 0.1) is 6.92 Å². The number of halogens is 1. The van der Waals surface area contributed by atoms with E-state index in [1.807, 2.05) is 32.0 Å². The molecule has 5 heteroatoms. The first-order chi connectivity index (χ1) is 9.20. The number of benzene rings is 1. The van der Waals surface area contributed by atoms with Gasteiger partial charge in [-0.25, -0.2) is 0 Å². The van der Waals surface area contributed by atoms with Crippen LogP contribution in [0.5, 0.6) is 0 Å². The van der Waals surface area contributed by atoms with Gasteiger partial charge in [-0.1, -0.05) is 21.1 Å². The van der Waals surface area contributed by atoms with Crippen LogP contribution in [0.15, 0.2) is 27.2 Å². The SMILES string of the molecule is CCOCCCc1nc(-c2ccc(Br)c(C)c2)no1. The van der Waals surface area contributed by atoms with Crippen LogP contribution in [0.4, 0.5) is 0 Å². The van der Waals surface area contributed by atoms with E-state index in [2.05, 4.69) is 26.1 Å². The lowest BCUT2D eigenvalue weighted by molar-refractivity contribution is 0.143. The van der Waals surface area contributed by atoms with Crippen molar-refractivity contribution in [2.75, 3.05) is 13.2 Å². The lowest BCUT2D eigenvalue weighted by Crippen LogP contribution is -1.96. The number of aryl methyl sites for hydroxylation is 2. The van der Waals surface area contributed by atoms with Gasteiger partial charge in [-0.15, -0.1) is 0 Å². The number of hydrogen-bond donors (Lipinski definition) is 0. The second kappa shape index (κ2) is 6.82. The molecule has 0 N–H and O–H groups in total. The Morgan fingerprint density at radius 2 is 2.21 bits per heavy atom. The first-order valence-corrected chi connectivity index (χ1v) is 7.17. The van der Waals surface area contributed by atoms with Crippen molar-refractivity contribution in [1.82, 2.24) is 10.1 Å². The number of aromatic nitrogens is 2. The fourth-order valence-electron chi connectivity index (χ4n) is 1.73. The molecule has 0 unspecified atom stereocenters. The van der Waals surface area contributed by atoms with Gasteiger partial charge in [0.2, 0.25) is 11.7 Å². The molecule has 0 aliphatic rings. The molecule has 0 saturated heterocycles. The third-order valence-corrected chi connectivity index (χ3v) is 3.66. The van der Waals surface area contributed by atoms with Crippen molar-refractivity contribution >= 4 is 15.9 Å². The molecule has 0 fully saturated rings. The highest BCUT2D eigenvalue weighted by Gasteiger charge is 2.09. The van der Waals surface area contributed by atoms with Crippen LogP contribution in [0.25, 0.3) is 11.4 Å². The number of rotatable bonds is 6. The van der Waals surface area contributed by atoms with E-state index in [9.17, 15) is 0 Å². The predicted molar refractivity (Wildman–Crippen MR) is 77.0 cm³/mol. The lowest BCUT2D eigenvalue weighted by atomic mass is 10.1. The Kier molecular flexibility index (Phi) is 5.10. The molecule has 0 aliphatic carbocycles. The van der Waals surface area contributed by atoms with Gasteiger partial charge in [0.1, 0.15) is 0 Å². The average molecular weight is 325 g/mol. The summed E-state index contributed by atoms with van der Waals surface area (Å²) >= 11 is 3.48. The van der Waals surface area contributed by atoms with Crippen molar-refractivity contribution in [3.8, 4) is 11.4 Å². The van der Waals surface area contributed by atoms with Crippen molar-refractivity contribution in [1.29, 1.82) is 0 Å². The minimum absolute atomic E-state index is 0.641. The predicted octanol–water partition coefficient (Wildman–Crippen LogP) is 3.78. The maximum Gasteiger partial charge on any atom is 0.227 e. The van der Waals surface area contributed by atoms with Crippen LogP contribution in [-0.2, 0) is 11.2 Å². The minimum atomic E-state index is 0.641. The van der Waals surface area contributed by atoms with Gasteiger partial charge >= 0.3 is 0 Å². The van der Waals surface area contributed by atoms with Crippen molar-refractivity contribution in [3.63, 3.8) is 0 Å². The third kappa shape index (κ3) is 3.88. The second-order valence-corrected chi connectivity index (χ2v) is 5.13. The summed E-state index contributed by atoms with van der Waals surface area (Å²) in [5.74, 6) is 1.30. The van der Waals surface area contributed by atoms with Crippen molar-refractivity contribution in [2.24, 2.45) is 0 Å². The highest BCUT2D eigenvalue weighted by atomic mass is 79.9. The Bertz CT molecular complexity index is 540. The van der Waals surface area contributed by atoms with Crippen molar-refractivity contribution in [3.05, 3.63) is 34.1 Å². The van der Waals surface area contributed by atoms with Gasteiger partial charge in [0, 0.05) is 29.7 Å². The molecular weight excluding hydrogens is 308 g/mol. The van der Waals surface area contributed by atoms with Gasteiger partial charge in [-0.05, 0) is 44.0 Å². The number of nitrogens with zero attached hydrogens (tertiary/aromatic N) is 2. The lowest BCUT2D eigenvalue weighted by Gasteiger charge is -1.99. The van der Waals surface area contributed by atoms with Crippen LogP contribution >= 0.6 is 15.9 Å². The second-order valence-electron chi connectivity index (χ2n) is 4.28. The van der Waals surface area contributed by atoms with E-state index in [4.69, 9.17) is 9.26 Å². The van der Waals surface area contributed by atoms with Crippen LogP contribution in [0.3, 0.4) is 0 Å². The molecule has 1 heterocycles. The molecule has 19 heavy (non-hydrogen) atoms.